The number of hydrogen-bond acceptors (Lipinski definition) is 6. The third-order valence-electron chi connectivity index (χ3n) is 5.81. The van der Waals surface area contributed by atoms with Gasteiger partial charge >= 0.3 is 0 Å². The molecule has 0 aliphatic rings. The summed E-state index contributed by atoms with van der Waals surface area (Å²) in [6.45, 7) is 13.9. The molecule has 1 N–H and O–H groups in total. The topological polar surface area (TPSA) is 79.7 Å². The van der Waals surface area contributed by atoms with Gasteiger partial charge in [-0.05, 0) is 79.1 Å². The molecule has 4 rings (SSSR count). The van der Waals surface area contributed by atoms with Gasteiger partial charge in [-0.15, -0.1) is 16.4 Å². The van der Waals surface area contributed by atoms with Crippen LogP contribution in [0.2, 0.25) is 0 Å². The van der Waals surface area contributed by atoms with Crippen molar-refractivity contribution in [1.82, 2.24) is 30.1 Å². The summed E-state index contributed by atoms with van der Waals surface area (Å²) in [6.07, 6.45) is 0. The predicted molar refractivity (Wildman–Crippen MR) is 133 cm³/mol. The summed E-state index contributed by atoms with van der Waals surface area (Å²) in [5.41, 5.74) is 2.46. The Morgan fingerprint density at radius 2 is 1.94 bits per heavy atom. The van der Waals surface area contributed by atoms with E-state index in [9.17, 15) is 4.79 Å². The third-order valence-corrected chi connectivity index (χ3v) is 6.67. The summed E-state index contributed by atoms with van der Waals surface area (Å²) in [5, 5.41) is 15.9. The molecule has 0 aliphatic heterocycles. The van der Waals surface area contributed by atoms with Crippen LogP contribution in [0.15, 0.2) is 46.6 Å². The van der Waals surface area contributed by atoms with Crippen LogP contribution in [0.3, 0.4) is 0 Å². The summed E-state index contributed by atoms with van der Waals surface area (Å²) < 4.78 is 1.91. The van der Waals surface area contributed by atoms with Gasteiger partial charge in [-0.25, -0.2) is 4.68 Å². The molecule has 3 heterocycles. The molecule has 4 aromatic rings. The molecule has 0 aliphatic carbocycles. The van der Waals surface area contributed by atoms with Gasteiger partial charge in [0.2, 0.25) is 0 Å². The van der Waals surface area contributed by atoms with E-state index >= 15 is 0 Å². The van der Waals surface area contributed by atoms with Crippen molar-refractivity contribution in [2.45, 2.75) is 66.2 Å². The quantitative estimate of drug-likeness (QED) is 0.414. The minimum absolute atomic E-state index is 0.0551. The van der Waals surface area contributed by atoms with Crippen molar-refractivity contribution in [2.75, 3.05) is 0 Å². The smallest absolute Gasteiger partial charge is 0.252 e. The van der Waals surface area contributed by atoms with Crippen molar-refractivity contribution in [2.24, 2.45) is 5.92 Å². The standard InChI is InChI=1S/C25H32N6OS/c1-16(2)22(23-27-28-29-31(23)25(4,5)6)30(15-20-8-7-11-33-20)14-19-13-18-12-17(3)9-10-21(18)26-24(19)32/h7-13,16,22H,14-15H2,1-6H3,(H,26,32). The van der Waals surface area contributed by atoms with Crippen LogP contribution in [0.1, 0.15) is 62.5 Å². The van der Waals surface area contributed by atoms with Gasteiger partial charge in [0.15, 0.2) is 5.82 Å². The van der Waals surface area contributed by atoms with Gasteiger partial charge in [0.05, 0.1) is 11.6 Å². The van der Waals surface area contributed by atoms with E-state index in [0.717, 1.165) is 22.3 Å². The first-order valence-corrected chi connectivity index (χ1v) is 12.2. The normalized spacial score (nSPS) is 13.3. The van der Waals surface area contributed by atoms with Crippen LogP contribution in [0.25, 0.3) is 10.9 Å². The van der Waals surface area contributed by atoms with E-state index in [4.69, 9.17) is 0 Å². The van der Waals surface area contributed by atoms with E-state index in [1.165, 1.54) is 10.4 Å². The third kappa shape index (κ3) is 5.07. The number of thiophene rings is 1. The molecule has 3 aromatic heterocycles. The maximum absolute atomic E-state index is 13.0. The monoisotopic (exact) mass is 464 g/mol. The average molecular weight is 465 g/mol. The maximum Gasteiger partial charge on any atom is 0.252 e. The summed E-state index contributed by atoms with van der Waals surface area (Å²) in [6, 6.07) is 12.2. The van der Waals surface area contributed by atoms with Crippen molar-refractivity contribution in [3.63, 3.8) is 0 Å². The Hall–Kier alpha value is -2.84. The number of aryl methyl sites for hydroxylation is 1. The number of pyridine rings is 1. The Bertz CT molecular complexity index is 1280. The highest BCUT2D eigenvalue weighted by Crippen LogP contribution is 2.32. The lowest BCUT2D eigenvalue weighted by atomic mass is 9.99. The van der Waals surface area contributed by atoms with E-state index < -0.39 is 0 Å². The first-order chi connectivity index (χ1) is 15.6. The SMILES string of the molecule is Cc1ccc2[nH]c(=O)c(CN(Cc3cccs3)C(c3nnnn3C(C)(C)C)C(C)C)cc2c1. The van der Waals surface area contributed by atoms with E-state index in [1.807, 2.05) is 22.9 Å². The van der Waals surface area contributed by atoms with Crippen molar-refractivity contribution < 1.29 is 0 Å². The molecule has 0 fully saturated rings. The van der Waals surface area contributed by atoms with Gasteiger partial charge in [-0.1, -0.05) is 31.5 Å². The van der Waals surface area contributed by atoms with Crippen LogP contribution < -0.4 is 5.56 Å². The van der Waals surface area contributed by atoms with Crippen molar-refractivity contribution in [3.8, 4) is 0 Å². The zero-order valence-corrected chi connectivity index (χ0v) is 21.0. The Balaban J connectivity index is 1.79. The van der Waals surface area contributed by atoms with Crippen LogP contribution in [0.5, 0.6) is 0 Å². The number of aromatic nitrogens is 5. The van der Waals surface area contributed by atoms with Crippen LogP contribution in [0, 0.1) is 12.8 Å². The minimum atomic E-state index is -0.251. The lowest BCUT2D eigenvalue weighted by Crippen LogP contribution is -2.37. The molecule has 0 spiro atoms. The molecule has 33 heavy (non-hydrogen) atoms. The highest BCUT2D eigenvalue weighted by Gasteiger charge is 2.33. The Morgan fingerprint density at radius 3 is 2.61 bits per heavy atom. The van der Waals surface area contributed by atoms with Gasteiger partial charge in [-0.2, -0.15) is 0 Å². The lowest BCUT2D eigenvalue weighted by molar-refractivity contribution is 0.121. The fraction of sp³-hybridized carbons (Fsp3) is 0.440. The van der Waals surface area contributed by atoms with E-state index in [-0.39, 0.29) is 23.1 Å². The summed E-state index contributed by atoms with van der Waals surface area (Å²) >= 11 is 1.72. The largest absolute Gasteiger partial charge is 0.322 e. The number of aromatic amines is 1. The number of tetrazole rings is 1. The molecule has 0 saturated heterocycles. The summed E-state index contributed by atoms with van der Waals surface area (Å²) in [5.74, 6) is 1.06. The number of nitrogens with zero attached hydrogens (tertiary/aromatic N) is 5. The second kappa shape index (κ2) is 9.19. The average Bonchev–Trinajstić information content (AvgIpc) is 3.40. The molecule has 7 nitrogen and oxygen atoms in total. The highest BCUT2D eigenvalue weighted by molar-refractivity contribution is 7.09. The Labute approximate surface area is 198 Å². The molecule has 174 valence electrons. The van der Waals surface area contributed by atoms with E-state index in [2.05, 4.69) is 90.5 Å². The van der Waals surface area contributed by atoms with Gasteiger partial charge in [-0.3, -0.25) is 9.69 Å². The van der Waals surface area contributed by atoms with E-state index in [0.29, 0.717) is 13.1 Å². The summed E-state index contributed by atoms with van der Waals surface area (Å²) in [4.78, 5) is 19.7. The molecule has 1 unspecified atom stereocenters. The number of hydrogen-bond donors (Lipinski definition) is 1. The minimum Gasteiger partial charge on any atom is -0.322 e. The zero-order valence-electron chi connectivity index (χ0n) is 20.2. The second-order valence-electron chi connectivity index (χ2n) is 10.0. The van der Waals surface area contributed by atoms with Gasteiger partial charge in [0.1, 0.15) is 0 Å². The molecule has 8 heteroatoms. The second-order valence-corrected chi connectivity index (χ2v) is 11.0. The van der Waals surface area contributed by atoms with Crippen LogP contribution in [-0.4, -0.2) is 30.1 Å². The van der Waals surface area contributed by atoms with Crippen LogP contribution in [-0.2, 0) is 18.6 Å². The van der Waals surface area contributed by atoms with Gasteiger partial charge in [0, 0.05) is 29.0 Å². The number of benzene rings is 1. The fourth-order valence-electron chi connectivity index (χ4n) is 4.30. The number of fused-ring (bicyclic) bond motifs is 1. The van der Waals surface area contributed by atoms with Crippen molar-refractivity contribution in [3.05, 3.63) is 74.0 Å². The molecule has 1 atom stereocenters. The Morgan fingerprint density at radius 1 is 1.15 bits per heavy atom. The number of rotatable bonds is 7. The first-order valence-electron chi connectivity index (χ1n) is 11.3. The fourth-order valence-corrected chi connectivity index (χ4v) is 5.03. The molecule has 0 saturated carbocycles. The molecular formula is C25H32N6OS. The first kappa shape index (κ1) is 23.3. The molecule has 0 radical (unpaired) electrons. The Kier molecular flexibility index (Phi) is 6.50. The molecule has 0 bridgehead atoms. The maximum atomic E-state index is 13.0. The predicted octanol–water partition coefficient (Wildman–Crippen LogP) is 5.04. The highest BCUT2D eigenvalue weighted by atomic mass is 32.1. The summed E-state index contributed by atoms with van der Waals surface area (Å²) in [7, 11) is 0. The van der Waals surface area contributed by atoms with E-state index in [1.54, 1.807) is 11.3 Å². The van der Waals surface area contributed by atoms with Gasteiger partial charge in [0.25, 0.3) is 5.56 Å². The zero-order chi connectivity index (χ0) is 23.8. The molecular weight excluding hydrogens is 432 g/mol. The molecule has 1 aromatic carbocycles. The number of nitrogens with one attached hydrogen (secondary N) is 1. The lowest BCUT2D eigenvalue weighted by Gasteiger charge is -2.34. The van der Waals surface area contributed by atoms with Crippen LogP contribution in [0.4, 0.5) is 0 Å². The number of H-pyrrole nitrogens is 1. The van der Waals surface area contributed by atoms with Gasteiger partial charge < -0.3 is 4.98 Å². The van der Waals surface area contributed by atoms with Crippen LogP contribution >= 0.6 is 11.3 Å². The molecule has 0 amide bonds. The van der Waals surface area contributed by atoms with Crippen molar-refractivity contribution in [1.29, 1.82) is 0 Å². The van der Waals surface area contributed by atoms with Crippen molar-refractivity contribution >= 4 is 22.2 Å².